The first-order valence-electron chi connectivity index (χ1n) is 2.20. The van der Waals surface area contributed by atoms with Gasteiger partial charge >= 0.3 is 0 Å². The maximum Gasteiger partial charge on any atom is 0.0832 e. The number of hydrogen-bond donors (Lipinski definition) is 1. The molecule has 0 aliphatic carbocycles. The zero-order chi connectivity index (χ0) is 5.70. The van der Waals surface area contributed by atoms with Gasteiger partial charge in [-0.05, 0) is 19.0 Å². The second kappa shape index (κ2) is 3.66. The second-order valence-corrected chi connectivity index (χ2v) is 1.27. The first kappa shape index (κ1) is 6.47. The molecule has 0 aromatic rings. The molecule has 36 valence electrons. The van der Waals surface area contributed by atoms with E-state index in [9.17, 15) is 0 Å². The van der Waals surface area contributed by atoms with Crippen molar-refractivity contribution >= 4 is 14.1 Å². The quantitative estimate of drug-likeness (QED) is 0.301. The summed E-state index contributed by atoms with van der Waals surface area (Å²) < 4.78 is 0. The van der Waals surface area contributed by atoms with Gasteiger partial charge in [-0.15, -0.1) is 0 Å². The molecule has 0 aliphatic heterocycles. The summed E-state index contributed by atoms with van der Waals surface area (Å²) in [4.78, 5) is 0. The molecule has 2 heteroatoms. The van der Waals surface area contributed by atoms with Crippen molar-refractivity contribution in [2.75, 3.05) is 0 Å². The minimum Gasteiger partial charge on any atom is -0.313 e. The molecule has 7 heavy (non-hydrogen) atoms. The maximum atomic E-state index is 6.61. The fourth-order valence-electron chi connectivity index (χ4n) is 0.278. The summed E-state index contributed by atoms with van der Waals surface area (Å²) in [6.45, 7) is 1.88. The molecule has 0 heterocycles. The second-order valence-electron chi connectivity index (χ2n) is 1.27. The van der Waals surface area contributed by atoms with Crippen molar-refractivity contribution in [3.63, 3.8) is 0 Å². The Kier molecular flexibility index (Phi) is 3.38. The van der Waals surface area contributed by atoms with Crippen LogP contribution in [0, 0.1) is 5.41 Å². The predicted molar refractivity (Wildman–Crippen MR) is 33.1 cm³/mol. The van der Waals surface area contributed by atoms with Crippen LogP contribution in [0.25, 0.3) is 0 Å². The van der Waals surface area contributed by atoms with E-state index in [0.29, 0.717) is 0 Å². The molecule has 0 spiro atoms. The fourth-order valence-corrected chi connectivity index (χ4v) is 0.278. The molecule has 0 saturated carbocycles. The van der Waals surface area contributed by atoms with E-state index in [1.165, 1.54) is 6.21 Å². The Morgan fingerprint density at radius 1 is 1.71 bits per heavy atom. The Balaban J connectivity index is 3.35. The number of allylic oxidation sites excluding steroid dienone is 2. The van der Waals surface area contributed by atoms with Crippen LogP contribution in [0.5, 0.6) is 0 Å². The van der Waals surface area contributed by atoms with Crippen LogP contribution in [0.4, 0.5) is 0 Å². The highest BCUT2D eigenvalue weighted by atomic mass is 14.3. The molecular weight excluding hydrogens is 84.9 g/mol. The lowest BCUT2D eigenvalue weighted by Gasteiger charge is -1.89. The van der Waals surface area contributed by atoms with E-state index in [-0.39, 0.29) is 5.82 Å². The smallest absolute Gasteiger partial charge is 0.0832 e. The highest BCUT2D eigenvalue weighted by Gasteiger charge is 1.82. The third-order valence-electron chi connectivity index (χ3n) is 0.607. The van der Waals surface area contributed by atoms with Crippen LogP contribution in [0.1, 0.15) is 6.92 Å². The summed E-state index contributed by atoms with van der Waals surface area (Å²) >= 11 is 0. The van der Waals surface area contributed by atoms with E-state index >= 15 is 0 Å². The number of nitrogens with one attached hydrogen (secondary N) is 1. The lowest BCUT2D eigenvalue weighted by molar-refractivity contribution is 1.41. The zero-order valence-corrected chi connectivity index (χ0v) is 4.39. The fraction of sp³-hybridized carbons (Fsp3) is 0.400. The molecule has 0 aliphatic rings. The van der Waals surface area contributed by atoms with E-state index in [1.807, 2.05) is 13.0 Å². The first-order valence-corrected chi connectivity index (χ1v) is 2.20. The summed E-state index contributed by atoms with van der Waals surface area (Å²) in [6, 6.07) is 0. The predicted octanol–water partition coefficient (Wildman–Crippen LogP) is 1.17. The van der Waals surface area contributed by atoms with Crippen LogP contribution in [0.2, 0.25) is 5.82 Å². The van der Waals surface area contributed by atoms with Gasteiger partial charge in [0, 0.05) is 0 Å². The minimum absolute atomic E-state index is 0.190. The van der Waals surface area contributed by atoms with Crippen molar-refractivity contribution in [2.24, 2.45) is 0 Å². The minimum atomic E-state index is -0.190. The normalized spacial score (nSPS) is 14.4. The van der Waals surface area contributed by atoms with Gasteiger partial charge in [0.15, 0.2) is 0 Å². The molecule has 2 radical (unpaired) electrons. The third kappa shape index (κ3) is 3.30. The Morgan fingerprint density at radius 2 is 2.29 bits per heavy atom. The molecule has 1 atom stereocenters. The van der Waals surface area contributed by atoms with Gasteiger partial charge in [0.05, 0.1) is 7.85 Å². The molecular formula is C5H8BN. The molecule has 1 N–H and O–H groups in total. The third-order valence-corrected chi connectivity index (χ3v) is 0.607. The zero-order valence-electron chi connectivity index (χ0n) is 4.39. The van der Waals surface area contributed by atoms with Crippen molar-refractivity contribution in [1.82, 2.24) is 0 Å². The average molecular weight is 92.9 g/mol. The Labute approximate surface area is 45.3 Å². The average Bonchev–Trinajstić information content (AvgIpc) is 1.68. The highest BCUT2D eigenvalue weighted by Crippen LogP contribution is 1.92. The largest absolute Gasteiger partial charge is 0.313 e. The van der Waals surface area contributed by atoms with Gasteiger partial charge in [-0.25, -0.2) is 0 Å². The van der Waals surface area contributed by atoms with Crippen molar-refractivity contribution in [3.8, 4) is 0 Å². The van der Waals surface area contributed by atoms with Crippen LogP contribution in [-0.4, -0.2) is 14.1 Å². The summed E-state index contributed by atoms with van der Waals surface area (Å²) in [5.41, 5.74) is 0. The molecule has 0 fully saturated rings. The van der Waals surface area contributed by atoms with E-state index in [0.717, 1.165) is 0 Å². The molecule has 0 aromatic heterocycles. The van der Waals surface area contributed by atoms with Crippen molar-refractivity contribution in [2.45, 2.75) is 12.7 Å². The van der Waals surface area contributed by atoms with Crippen LogP contribution >= 0.6 is 0 Å². The van der Waals surface area contributed by atoms with E-state index < -0.39 is 0 Å². The summed E-state index contributed by atoms with van der Waals surface area (Å²) in [5, 5.41) is 6.61. The molecule has 0 aromatic carbocycles. The van der Waals surface area contributed by atoms with Gasteiger partial charge in [0.2, 0.25) is 0 Å². The van der Waals surface area contributed by atoms with E-state index in [1.54, 1.807) is 6.08 Å². The number of rotatable bonds is 2. The van der Waals surface area contributed by atoms with Crippen LogP contribution in [0.15, 0.2) is 12.2 Å². The van der Waals surface area contributed by atoms with E-state index in [2.05, 4.69) is 0 Å². The van der Waals surface area contributed by atoms with Gasteiger partial charge in [0.25, 0.3) is 0 Å². The van der Waals surface area contributed by atoms with Crippen molar-refractivity contribution in [1.29, 1.82) is 5.41 Å². The van der Waals surface area contributed by atoms with Gasteiger partial charge in [0.1, 0.15) is 0 Å². The van der Waals surface area contributed by atoms with Crippen LogP contribution < -0.4 is 0 Å². The van der Waals surface area contributed by atoms with Gasteiger partial charge in [-0.3, -0.25) is 0 Å². The molecule has 1 unspecified atom stereocenters. The van der Waals surface area contributed by atoms with Crippen LogP contribution in [0.3, 0.4) is 0 Å². The van der Waals surface area contributed by atoms with Gasteiger partial charge in [-0.2, -0.15) is 0 Å². The Morgan fingerprint density at radius 3 is 2.43 bits per heavy atom. The topological polar surface area (TPSA) is 23.9 Å². The molecule has 1 nitrogen and oxygen atoms in total. The summed E-state index contributed by atoms with van der Waals surface area (Å²) in [7, 11) is 5.25. The summed E-state index contributed by atoms with van der Waals surface area (Å²) in [6.07, 6.45) is 4.78. The van der Waals surface area contributed by atoms with Gasteiger partial charge < -0.3 is 5.41 Å². The Hall–Kier alpha value is -0.525. The monoisotopic (exact) mass is 93.1 g/mol. The standard InChI is InChI=1S/C5H8BN/c1-2-3-5(6)4-7/h2-5,7H,1H3/b3-2-,7-4?. The van der Waals surface area contributed by atoms with E-state index in [4.69, 9.17) is 13.3 Å². The lowest BCUT2D eigenvalue weighted by atomic mass is 9.89. The molecule has 0 amide bonds. The first-order chi connectivity index (χ1) is 3.31. The molecule has 0 saturated heterocycles. The maximum absolute atomic E-state index is 6.61. The molecule has 0 bridgehead atoms. The SMILES string of the molecule is [B]C(C=N)/C=C\C. The Bertz CT molecular complexity index is 78.1. The lowest BCUT2D eigenvalue weighted by Crippen LogP contribution is -1.84. The number of hydrogen-bond acceptors (Lipinski definition) is 1. The molecule has 0 rings (SSSR count). The van der Waals surface area contributed by atoms with Crippen LogP contribution in [-0.2, 0) is 0 Å². The summed E-state index contributed by atoms with van der Waals surface area (Å²) in [5.74, 6) is -0.190. The van der Waals surface area contributed by atoms with Crippen molar-refractivity contribution in [3.05, 3.63) is 12.2 Å². The van der Waals surface area contributed by atoms with Crippen molar-refractivity contribution < 1.29 is 0 Å². The highest BCUT2D eigenvalue weighted by molar-refractivity contribution is 6.21. The van der Waals surface area contributed by atoms with Gasteiger partial charge in [-0.1, -0.05) is 12.2 Å².